The number of nitrogens with one attached hydrogen (secondary N) is 1. The van der Waals surface area contributed by atoms with E-state index in [1.807, 2.05) is 26.1 Å². The van der Waals surface area contributed by atoms with Crippen molar-refractivity contribution in [1.29, 1.82) is 0 Å². The van der Waals surface area contributed by atoms with Gasteiger partial charge in [0.15, 0.2) is 0 Å². The van der Waals surface area contributed by atoms with Gasteiger partial charge in [0.05, 0.1) is 6.54 Å². The van der Waals surface area contributed by atoms with Crippen molar-refractivity contribution < 1.29 is 4.79 Å². The Morgan fingerprint density at radius 1 is 1.43 bits per heavy atom. The lowest BCUT2D eigenvalue weighted by atomic mass is 10.0. The molecular formula is C17H25N3O. The molecule has 0 saturated carbocycles. The Kier molecular flexibility index (Phi) is 6.93. The molecule has 0 unspecified atom stereocenters. The predicted octanol–water partition coefficient (Wildman–Crippen LogP) is 1.38. The molecule has 0 spiro atoms. The molecule has 0 aliphatic rings. The minimum atomic E-state index is -0.0476. The van der Waals surface area contributed by atoms with Gasteiger partial charge < -0.3 is 16.0 Å². The number of nitrogens with two attached hydrogens (primary N) is 1. The molecule has 114 valence electrons. The third-order valence-corrected chi connectivity index (χ3v) is 3.45. The second-order valence-corrected chi connectivity index (χ2v) is 5.37. The molecule has 0 aromatic heterocycles. The summed E-state index contributed by atoms with van der Waals surface area (Å²) in [5.74, 6) is 5.77. The molecule has 0 aliphatic carbocycles. The summed E-state index contributed by atoms with van der Waals surface area (Å²) in [6, 6.07) is 6.01. The zero-order valence-corrected chi connectivity index (χ0v) is 13.4. The van der Waals surface area contributed by atoms with Gasteiger partial charge in [-0.25, -0.2) is 0 Å². The zero-order valence-electron chi connectivity index (χ0n) is 13.4. The summed E-state index contributed by atoms with van der Waals surface area (Å²) in [5.41, 5.74) is 7.93. The van der Waals surface area contributed by atoms with Gasteiger partial charge in [-0.3, -0.25) is 4.79 Å². The van der Waals surface area contributed by atoms with Gasteiger partial charge in [0.25, 0.3) is 5.91 Å². The molecule has 1 amide bonds. The van der Waals surface area contributed by atoms with Crippen molar-refractivity contribution in [3.63, 3.8) is 0 Å². The topological polar surface area (TPSA) is 58.4 Å². The van der Waals surface area contributed by atoms with Gasteiger partial charge >= 0.3 is 0 Å². The van der Waals surface area contributed by atoms with E-state index in [1.54, 1.807) is 6.07 Å². The highest BCUT2D eigenvalue weighted by molar-refractivity contribution is 5.94. The Morgan fingerprint density at radius 3 is 2.71 bits per heavy atom. The lowest BCUT2D eigenvalue weighted by molar-refractivity contribution is 0.0948. The summed E-state index contributed by atoms with van der Waals surface area (Å²) in [7, 11) is 2.05. The van der Waals surface area contributed by atoms with Crippen molar-refractivity contribution in [3.05, 3.63) is 34.9 Å². The first-order valence-corrected chi connectivity index (χ1v) is 7.23. The van der Waals surface area contributed by atoms with Crippen LogP contribution < -0.4 is 11.1 Å². The highest BCUT2D eigenvalue weighted by Gasteiger charge is 2.08. The molecule has 1 aromatic rings. The minimum Gasteiger partial charge on any atom is -0.351 e. The third kappa shape index (κ3) is 5.58. The number of carbonyl (C=O) groups excluding carboxylic acids is 1. The second kappa shape index (κ2) is 8.46. The van der Waals surface area contributed by atoms with Gasteiger partial charge in [0.2, 0.25) is 0 Å². The van der Waals surface area contributed by atoms with Crippen LogP contribution in [-0.2, 0) is 0 Å². The van der Waals surface area contributed by atoms with Crippen LogP contribution in [0.1, 0.15) is 35.3 Å². The van der Waals surface area contributed by atoms with Gasteiger partial charge in [-0.1, -0.05) is 11.8 Å². The monoisotopic (exact) mass is 287 g/mol. The van der Waals surface area contributed by atoms with Crippen molar-refractivity contribution in [3.8, 4) is 11.8 Å². The smallest absolute Gasteiger partial charge is 0.251 e. The van der Waals surface area contributed by atoms with Crippen LogP contribution in [0.25, 0.3) is 0 Å². The number of hydrogen-bond acceptors (Lipinski definition) is 3. The highest BCUT2D eigenvalue weighted by Crippen LogP contribution is 2.10. The lowest BCUT2D eigenvalue weighted by Crippen LogP contribution is -2.36. The molecule has 0 saturated heterocycles. The molecule has 0 aliphatic heterocycles. The number of carbonyl (C=O) groups is 1. The fourth-order valence-electron chi connectivity index (χ4n) is 1.80. The van der Waals surface area contributed by atoms with Crippen molar-refractivity contribution in [2.75, 3.05) is 26.7 Å². The first-order chi connectivity index (χ1) is 9.95. The maximum Gasteiger partial charge on any atom is 0.251 e. The van der Waals surface area contributed by atoms with Crippen molar-refractivity contribution in [2.45, 2.75) is 26.8 Å². The predicted molar refractivity (Wildman–Crippen MR) is 87.2 cm³/mol. The van der Waals surface area contributed by atoms with Crippen LogP contribution >= 0.6 is 0 Å². The van der Waals surface area contributed by atoms with E-state index in [1.165, 1.54) is 0 Å². The maximum absolute atomic E-state index is 12.1. The normalized spacial score (nSPS) is 10.4. The molecule has 1 rings (SSSR count). The van der Waals surface area contributed by atoms with Crippen LogP contribution in [0.2, 0.25) is 0 Å². The third-order valence-electron chi connectivity index (χ3n) is 3.45. The van der Waals surface area contributed by atoms with Crippen LogP contribution in [0.4, 0.5) is 0 Å². The lowest BCUT2D eigenvalue weighted by Gasteiger charge is -2.20. The summed E-state index contributed by atoms with van der Waals surface area (Å²) in [6.07, 6.45) is 0. The molecule has 0 fully saturated rings. The Bertz CT molecular complexity index is 541. The maximum atomic E-state index is 12.1. The Balaban J connectivity index is 2.61. The molecule has 0 radical (unpaired) electrons. The van der Waals surface area contributed by atoms with Crippen LogP contribution in [0.5, 0.6) is 0 Å². The Labute approximate surface area is 127 Å². The largest absolute Gasteiger partial charge is 0.351 e. The summed E-state index contributed by atoms with van der Waals surface area (Å²) in [6.45, 7) is 8.03. The zero-order chi connectivity index (χ0) is 15.8. The van der Waals surface area contributed by atoms with E-state index in [9.17, 15) is 4.79 Å². The Hall–Kier alpha value is -1.83. The number of nitrogens with zero attached hydrogens (tertiary/aromatic N) is 1. The summed E-state index contributed by atoms with van der Waals surface area (Å²) < 4.78 is 0. The number of amides is 1. The van der Waals surface area contributed by atoms with Crippen molar-refractivity contribution in [1.82, 2.24) is 10.2 Å². The van der Waals surface area contributed by atoms with Crippen LogP contribution in [-0.4, -0.2) is 43.5 Å². The van der Waals surface area contributed by atoms with Crippen LogP contribution in [0.3, 0.4) is 0 Å². The minimum absolute atomic E-state index is 0.0476. The summed E-state index contributed by atoms with van der Waals surface area (Å²) in [4.78, 5) is 14.3. The van der Waals surface area contributed by atoms with E-state index in [0.717, 1.165) is 17.7 Å². The van der Waals surface area contributed by atoms with E-state index < -0.39 is 0 Å². The van der Waals surface area contributed by atoms with Crippen LogP contribution in [0.15, 0.2) is 18.2 Å². The fraction of sp³-hybridized carbons (Fsp3) is 0.471. The van der Waals surface area contributed by atoms with Gasteiger partial charge in [-0.2, -0.15) is 0 Å². The van der Waals surface area contributed by atoms with Gasteiger partial charge in [0.1, 0.15) is 0 Å². The van der Waals surface area contributed by atoms with Crippen molar-refractivity contribution in [2.24, 2.45) is 5.73 Å². The molecule has 4 heteroatoms. The number of aryl methyl sites for hydroxylation is 1. The van der Waals surface area contributed by atoms with Gasteiger partial charge in [0, 0.05) is 30.3 Å². The molecule has 0 heterocycles. The standard InChI is InChI=1S/C17H25N3O/c1-13(2)20(4)11-10-19-17(21)16-8-7-15(6-5-9-18)14(3)12-16/h7-8,12-13H,9-11,18H2,1-4H3,(H,19,21). The van der Waals surface area contributed by atoms with E-state index >= 15 is 0 Å². The van der Waals surface area contributed by atoms with E-state index in [4.69, 9.17) is 5.73 Å². The summed E-state index contributed by atoms with van der Waals surface area (Å²) >= 11 is 0. The molecular weight excluding hydrogens is 262 g/mol. The number of hydrogen-bond donors (Lipinski definition) is 2. The molecule has 0 bridgehead atoms. The summed E-state index contributed by atoms with van der Waals surface area (Å²) in [5, 5.41) is 2.94. The first-order valence-electron chi connectivity index (χ1n) is 7.23. The molecule has 4 nitrogen and oxygen atoms in total. The fourth-order valence-corrected chi connectivity index (χ4v) is 1.80. The molecule has 21 heavy (non-hydrogen) atoms. The van der Waals surface area contributed by atoms with Crippen molar-refractivity contribution >= 4 is 5.91 Å². The first kappa shape index (κ1) is 17.2. The van der Waals surface area contributed by atoms with E-state index in [2.05, 4.69) is 35.9 Å². The van der Waals surface area contributed by atoms with E-state index in [-0.39, 0.29) is 5.91 Å². The van der Waals surface area contributed by atoms with Gasteiger partial charge in [-0.05, 0) is 51.6 Å². The van der Waals surface area contributed by atoms with Gasteiger partial charge in [-0.15, -0.1) is 0 Å². The molecule has 3 N–H and O–H groups in total. The number of rotatable bonds is 5. The molecule has 0 atom stereocenters. The molecule has 1 aromatic carbocycles. The SMILES string of the molecule is Cc1cc(C(=O)NCCN(C)C(C)C)ccc1C#CCN. The highest BCUT2D eigenvalue weighted by atomic mass is 16.1. The average molecular weight is 287 g/mol. The number of likely N-dealkylation sites (N-methyl/N-ethyl adjacent to an activating group) is 1. The quantitative estimate of drug-likeness (QED) is 0.804. The van der Waals surface area contributed by atoms with Crippen LogP contribution in [0, 0.1) is 18.8 Å². The second-order valence-electron chi connectivity index (χ2n) is 5.37. The Morgan fingerprint density at radius 2 is 2.14 bits per heavy atom. The van der Waals surface area contributed by atoms with E-state index in [0.29, 0.717) is 24.7 Å². The number of benzene rings is 1. The average Bonchev–Trinajstić information content (AvgIpc) is 2.45.